The number of carbonyl (C=O) groups is 1. The van der Waals surface area contributed by atoms with Crippen molar-refractivity contribution in [2.45, 2.75) is 16.7 Å². The molecule has 0 aromatic heterocycles. The van der Waals surface area contributed by atoms with Gasteiger partial charge in [0.05, 0.1) is 26.0 Å². The van der Waals surface area contributed by atoms with E-state index in [1.165, 1.54) is 4.90 Å². The summed E-state index contributed by atoms with van der Waals surface area (Å²) in [6, 6.07) is 4.95. The van der Waals surface area contributed by atoms with Crippen molar-refractivity contribution in [3.63, 3.8) is 0 Å². The number of nitrogens with zero attached hydrogens (tertiary/aromatic N) is 4. The molecular formula is C16H14ClF3N4O3S. The molecule has 0 aliphatic carbocycles. The van der Waals surface area contributed by atoms with Crippen molar-refractivity contribution < 1.29 is 27.4 Å². The molecule has 1 fully saturated rings. The minimum absolute atomic E-state index is 0.0171. The van der Waals surface area contributed by atoms with E-state index in [9.17, 15) is 18.0 Å². The molecule has 1 aromatic carbocycles. The van der Waals surface area contributed by atoms with E-state index in [1.54, 1.807) is 23.1 Å². The largest absolute Gasteiger partial charge is 0.465 e. The molecule has 0 spiro atoms. The number of fused-ring (bicyclic) bond motifs is 3. The van der Waals surface area contributed by atoms with Gasteiger partial charge in [-0.25, -0.2) is 14.8 Å². The van der Waals surface area contributed by atoms with E-state index in [0.29, 0.717) is 41.9 Å². The third-order valence-corrected chi connectivity index (χ3v) is 5.67. The first-order valence-electron chi connectivity index (χ1n) is 8.22. The van der Waals surface area contributed by atoms with Crippen molar-refractivity contribution >= 4 is 46.1 Å². The van der Waals surface area contributed by atoms with Crippen LogP contribution < -0.4 is 4.90 Å². The average molecular weight is 435 g/mol. The molecule has 150 valence electrons. The van der Waals surface area contributed by atoms with Gasteiger partial charge in [0.15, 0.2) is 5.17 Å². The topological polar surface area (TPSA) is 66.7 Å². The number of halogens is 4. The first-order valence-corrected chi connectivity index (χ1v) is 9.41. The molecule has 0 saturated carbocycles. The van der Waals surface area contributed by atoms with Gasteiger partial charge in [0.1, 0.15) is 0 Å². The van der Waals surface area contributed by atoms with E-state index in [2.05, 4.69) is 14.7 Å². The summed E-state index contributed by atoms with van der Waals surface area (Å²) in [5, 5.41) is 0.420. The van der Waals surface area contributed by atoms with Crippen LogP contribution in [-0.2, 0) is 14.3 Å². The molecule has 1 atom stereocenters. The van der Waals surface area contributed by atoms with Crippen LogP contribution in [0.4, 0.5) is 18.9 Å². The second-order valence-corrected chi connectivity index (χ2v) is 7.56. The van der Waals surface area contributed by atoms with Gasteiger partial charge in [0.25, 0.3) is 0 Å². The number of rotatable bonds is 1. The maximum atomic E-state index is 14.0. The summed E-state index contributed by atoms with van der Waals surface area (Å²) in [6.07, 6.45) is -5.08. The number of alkyl halides is 3. The standard InChI is InChI=1S/C16H14ClF3N4O3S/c1-26-12(25)15(16(18,19)20)21-13(23-4-6-27-7-5-23)24-10-3-2-9(17)8-11(10)28-14(24)22-15/h2-3,8H,4-7H2,1H3/t15-/m1/s1. The fourth-order valence-corrected chi connectivity index (χ4v) is 4.41. The normalized spacial score (nSPS) is 24.3. The lowest BCUT2D eigenvalue weighted by Crippen LogP contribution is -2.59. The van der Waals surface area contributed by atoms with Crippen molar-refractivity contribution in [2.75, 3.05) is 38.3 Å². The highest BCUT2D eigenvalue weighted by atomic mass is 35.5. The van der Waals surface area contributed by atoms with Gasteiger partial charge in [-0.1, -0.05) is 11.6 Å². The SMILES string of the molecule is COC(=O)[C@]1(C(F)(F)F)N=C2Sc3cc(Cl)ccc3N2C(N2CCOCC2)=N1. The van der Waals surface area contributed by atoms with E-state index < -0.39 is 17.8 Å². The van der Waals surface area contributed by atoms with Crippen LogP contribution in [0.2, 0.25) is 5.02 Å². The highest BCUT2D eigenvalue weighted by Gasteiger charge is 2.66. The summed E-state index contributed by atoms with van der Waals surface area (Å²) in [7, 11) is 0.878. The number of thioether (sulfide) groups is 1. The van der Waals surface area contributed by atoms with Gasteiger partial charge in [-0.15, -0.1) is 0 Å². The Morgan fingerprint density at radius 2 is 2.04 bits per heavy atom. The van der Waals surface area contributed by atoms with Crippen molar-refractivity contribution in [3.8, 4) is 0 Å². The fourth-order valence-electron chi connectivity index (χ4n) is 3.08. The molecule has 1 aromatic rings. The molecule has 1 saturated heterocycles. The molecule has 3 heterocycles. The maximum Gasteiger partial charge on any atom is 0.446 e. The second-order valence-electron chi connectivity index (χ2n) is 6.12. The number of esters is 1. The zero-order valence-corrected chi connectivity index (χ0v) is 16.1. The Kier molecular flexibility index (Phi) is 4.71. The lowest BCUT2D eigenvalue weighted by Gasteiger charge is -2.39. The average Bonchev–Trinajstić information content (AvgIpc) is 3.03. The molecule has 3 aliphatic heterocycles. The molecule has 0 N–H and O–H groups in total. The summed E-state index contributed by atoms with van der Waals surface area (Å²) < 4.78 is 51.8. The van der Waals surface area contributed by atoms with E-state index >= 15 is 0 Å². The van der Waals surface area contributed by atoms with E-state index in [-0.39, 0.29) is 11.1 Å². The number of carbonyl (C=O) groups excluding carboxylic acids is 1. The summed E-state index contributed by atoms with van der Waals surface area (Å²) in [4.78, 5) is 23.6. The number of morpholine rings is 1. The Morgan fingerprint density at radius 1 is 1.32 bits per heavy atom. The number of methoxy groups -OCH3 is 1. The number of anilines is 1. The predicted octanol–water partition coefficient (Wildman–Crippen LogP) is 2.74. The molecule has 0 bridgehead atoms. The van der Waals surface area contributed by atoms with Gasteiger partial charge < -0.3 is 14.4 Å². The first-order chi connectivity index (χ1) is 13.3. The molecule has 0 unspecified atom stereocenters. The Hall–Kier alpha value is -1.98. The van der Waals surface area contributed by atoms with E-state index in [1.807, 2.05) is 0 Å². The summed E-state index contributed by atoms with van der Waals surface area (Å²) in [6.45, 7) is 1.31. The van der Waals surface area contributed by atoms with Crippen molar-refractivity contribution in [3.05, 3.63) is 23.2 Å². The fraction of sp³-hybridized carbons (Fsp3) is 0.438. The second kappa shape index (κ2) is 6.82. The predicted molar refractivity (Wildman–Crippen MR) is 97.9 cm³/mol. The molecular weight excluding hydrogens is 421 g/mol. The van der Waals surface area contributed by atoms with Crippen molar-refractivity contribution in [1.82, 2.24) is 4.90 Å². The molecule has 3 aliphatic rings. The molecule has 4 rings (SSSR count). The number of hydrogen-bond donors (Lipinski definition) is 0. The Labute approximate surface area is 167 Å². The monoisotopic (exact) mass is 434 g/mol. The van der Waals surface area contributed by atoms with Crippen LogP contribution in [0, 0.1) is 0 Å². The van der Waals surface area contributed by atoms with Crippen LogP contribution in [0.15, 0.2) is 33.1 Å². The Balaban J connectivity index is 1.91. The molecule has 7 nitrogen and oxygen atoms in total. The van der Waals surface area contributed by atoms with E-state index in [0.717, 1.165) is 18.9 Å². The van der Waals surface area contributed by atoms with Crippen LogP contribution in [0.3, 0.4) is 0 Å². The zero-order valence-electron chi connectivity index (χ0n) is 14.5. The van der Waals surface area contributed by atoms with Crippen LogP contribution >= 0.6 is 23.4 Å². The van der Waals surface area contributed by atoms with Crippen LogP contribution in [-0.4, -0.2) is 67.2 Å². The van der Waals surface area contributed by atoms with Crippen LogP contribution in [0.1, 0.15) is 0 Å². The number of ether oxygens (including phenoxy) is 2. The van der Waals surface area contributed by atoms with Gasteiger partial charge in [0.2, 0.25) is 5.96 Å². The van der Waals surface area contributed by atoms with Gasteiger partial charge >= 0.3 is 17.8 Å². The summed E-state index contributed by atoms with van der Waals surface area (Å²) in [5.41, 5.74) is -2.76. The number of aliphatic imine (C=N–C) groups is 2. The lowest BCUT2D eigenvalue weighted by molar-refractivity contribution is -0.201. The van der Waals surface area contributed by atoms with E-state index in [4.69, 9.17) is 16.3 Å². The van der Waals surface area contributed by atoms with Crippen molar-refractivity contribution in [1.29, 1.82) is 0 Å². The smallest absolute Gasteiger partial charge is 0.446 e. The Bertz CT molecular complexity index is 888. The molecule has 12 heteroatoms. The minimum Gasteiger partial charge on any atom is -0.465 e. The quantitative estimate of drug-likeness (QED) is 0.633. The molecule has 0 amide bonds. The van der Waals surface area contributed by atoms with Gasteiger partial charge in [-0.3, -0.25) is 4.90 Å². The number of benzene rings is 1. The minimum atomic E-state index is -5.08. The third kappa shape index (κ3) is 2.92. The first kappa shape index (κ1) is 19.3. The van der Waals surface area contributed by atoms with Gasteiger partial charge in [-0.05, 0) is 30.0 Å². The summed E-state index contributed by atoms with van der Waals surface area (Å²) >= 11 is 7.02. The van der Waals surface area contributed by atoms with Gasteiger partial charge in [-0.2, -0.15) is 13.2 Å². The highest BCUT2D eigenvalue weighted by molar-refractivity contribution is 8.15. The summed E-state index contributed by atoms with van der Waals surface area (Å²) in [5.74, 6) is -1.61. The van der Waals surface area contributed by atoms with Crippen LogP contribution in [0.5, 0.6) is 0 Å². The maximum absolute atomic E-state index is 14.0. The van der Waals surface area contributed by atoms with Crippen molar-refractivity contribution in [2.24, 2.45) is 9.98 Å². The lowest BCUT2D eigenvalue weighted by atomic mass is 10.1. The number of hydrogen-bond acceptors (Lipinski definition) is 8. The molecule has 0 radical (unpaired) electrons. The highest BCUT2D eigenvalue weighted by Crippen LogP contribution is 2.48. The Morgan fingerprint density at radius 3 is 2.68 bits per heavy atom. The zero-order chi connectivity index (χ0) is 20.1. The molecule has 28 heavy (non-hydrogen) atoms. The third-order valence-electron chi connectivity index (χ3n) is 4.43. The number of amidine groups is 1. The number of guanidine groups is 1. The van der Waals surface area contributed by atoms with Crippen LogP contribution in [0.25, 0.3) is 0 Å². The van der Waals surface area contributed by atoms with Gasteiger partial charge in [0, 0.05) is 23.0 Å².